The Morgan fingerprint density at radius 1 is 1.00 bits per heavy atom. The average Bonchev–Trinajstić information content (AvgIpc) is 3.52. The molecule has 156 valence electrons. The minimum atomic E-state index is -0.406. The van der Waals surface area contributed by atoms with Gasteiger partial charge in [0.05, 0.1) is 23.9 Å². The molecule has 2 aliphatic heterocycles. The fourth-order valence-corrected chi connectivity index (χ4v) is 4.14. The number of carbonyl (C=O) groups is 3. The van der Waals surface area contributed by atoms with Crippen molar-refractivity contribution in [2.75, 3.05) is 18.4 Å². The van der Waals surface area contributed by atoms with Gasteiger partial charge in [-0.15, -0.1) is 0 Å². The molecule has 0 aliphatic carbocycles. The summed E-state index contributed by atoms with van der Waals surface area (Å²) in [5, 5.41) is 3.45. The Kier molecular flexibility index (Phi) is 4.78. The maximum absolute atomic E-state index is 13.0. The number of nitrogens with zero attached hydrogens (tertiary/aromatic N) is 2. The lowest BCUT2D eigenvalue weighted by atomic mass is 10.0. The number of nitrogens with one attached hydrogen (secondary N) is 1. The van der Waals surface area contributed by atoms with Crippen LogP contribution in [0.1, 0.15) is 43.3 Å². The van der Waals surface area contributed by atoms with Crippen molar-refractivity contribution in [2.45, 2.75) is 19.0 Å². The van der Waals surface area contributed by atoms with Crippen molar-refractivity contribution >= 4 is 23.4 Å². The van der Waals surface area contributed by atoms with Gasteiger partial charge in [-0.2, -0.15) is 0 Å². The molecule has 3 heterocycles. The van der Waals surface area contributed by atoms with E-state index in [-0.39, 0.29) is 30.0 Å². The van der Waals surface area contributed by atoms with Gasteiger partial charge in [-0.3, -0.25) is 19.3 Å². The van der Waals surface area contributed by atoms with Crippen molar-refractivity contribution in [3.8, 4) is 0 Å². The van der Waals surface area contributed by atoms with Gasteiger partial charge in [-0.1, -0.05) is 18.2 Å². The highest BCUT2D eigenvalue weighted by Gasteiger charge is 2.37. The molecule has 0 spiro atoms. The fraction of sp³-hybridized carbons (Fsp3) is 0.208. The van der Waals surface area contributed by atoms with Gasteiger partial charge in [0.1, 0.15) is 5.76 Å². The Bertz CT molecular complexity index is 1140. The second kappa shape index (κ2) is 7.75. The number of rotatable bonds is 5. The zero-order valence-electron chi connectivity index (χ0n) is 16.8. The quantitative estimate of drug-likeness (QED) is 0.646. The molecule has 1 N–H and O–H groups in total. The maximum Gasteiger partial charge on any atom is 0.261 e. The minimum absolute atomic E-state index is 0.0710. The number of likely N-dealkylation sites (tertiary alicyclic amines) is 1. The zero-order chi connectivity index (χ0) is 21.4. The van der Waals surface area contributed by atoms with Crippen molar-refractivity contribution in [2.24, 2.45) is 0 Å². The summed E-state index contributed by atoms with van der Waals surface area (Å²) < 4.78 is 5.26. The second-order valence-electron chi connectivity index (χ2n) is 7.78. The number of anilines is 1. The highest BCUT2D eigenvalue weighted by molar-refractivity contribution is 6.22. The van der Waals surface area contributed by atoms with Crippen LogP contribution in [0.2, 0.25) is 0 Å². The van der Waals surface area contributed by atoms with E-state index in [1.807, 2.05) is 30.3 Å². The van der Waals surface area contributed by atoms with E-state index in [9.17, 15) is 14.4 Å². The number of hydrogen-bond acceptors (Lipinski definition) is 5. The van der Waals surface area contributed by atoms with Gasteiger partial charge in [0, 0.05) is 30.4 Å². The topological polar surface area (TPSA) is 82.9 Å². The molecule has 3 aromatic rings. The van der Waals surface area contributed by atoms with Crippen molar-refractivity contribution in [1.29, 1.82) is 0 Å². The predicted octanol–water partition coefficient (Wildman–Crippen LogP) is 3.40. The maximum atomic E-state index is 13.0. The number of hydrogen-bond donors (Lipinski definition) is 1. The molecule has 1 unspecified atom stereocenters. The van der Waals surface area contributed by atoms with Crippen LogP contribution in [0.5, 0.6) is 0 Å². The SMILES string of the molecule is O=C(c1ccc2c(c1)C(=O)N(Cc1ccco1)C2=O)N1CCC(Nc2ccccc2)C1. The first-order valence-corrected chi connectivity index (χ1v) is 10.2. The van der Waals surface area contributed by atoms with E-state index in [0.717, 1.165) is 17.0 Å². The Hall–Kier alpha value is -3.87. The Balaban J connectivity index is 1.29. The lowest BCUT2D eigenvalue weighted by molar-refractivity contribution is 0.0631. The van der Waals surface area contributed by atoms with Gasteiger partial charge >= 0.3 is 0 Å². The molecule has 1 atom stereocenters. The van der Waals surface area contributed by atoms with E-state index < -0.39 is 5.91 Å². The van der Waals surface area contributed by atoms with E-state index >= 15 is 0 Å². The first-order valence-electron chi connectivity index (χ1n) is 10.2. The van der Waals surface area contributed by atoms with Gasteiger partial charge in [-0.05, 0) is 48.9 Å². The summed E-state index contributed by atoms with van der Waals surface area (Å²) >= 11 is 0. The molecule has 5 rings (SSSR count). The van der Waals surface area contributed by atoms with E-state index in [4.69, 9.17) is 4.42 Å². The molecule has 2 aliphatic rings. The number of carbonyl (C=O) groups excluding carboxylic acids is 3. The van der Waals surface area contributed by atoms with Gasteiger partial charge < -0.3 is 14.6 Å². The van der Waals surface area contributed by atoms with Crippen molar-refractivity contribution in [3.63, 3.8) is 0 Å². The molecule has 1 aromatic heterocycles. The zero-order valence-corrected chi connectivity index (χ0v) is 16.8. The molecule has 7 nitrogen and oxygen atoms in total. The number of fused-ring (bicyclic) bond motifs is 1. The highest BCUT2D eigenvalue weighted by atomic mass is 16.3. The number of imide groups is 1. The van der Waals surface area contributed by atoms with Gasteiger partial charge in [0.25, 0.3) is 17.7 Å². The third-order valence-corrected chi connectivity index (χ3v) is 5.73. The van der Waals surface area contributed by atoms with Crippen molar-refractivity contribution in [3.05, 3.63) is 89.4 Å². The standard InChI is InChI=1S/C24H21N3O4/c28-22(26-11-10-18(14-26)25-17-5-2-1-3-6-17)16-8-9-20-21(13-16)24(30)27(23(20)29)15-19-7-4-12-31-19/h1-9,12-13,18,25H,10-11,14-15H2. The van der Waals surface area contributed by atoms with E-state index in [2.05, 4.69) is 5.32 Å². The second-order valence-corrected chi connectivity index (χ2v) is 7.78. The lowest BCUT2D eigenvalue weighted by Gasteiger charge is -2.18. The van der Waals surface area contributed by atoms with Crippen LogP contribution in [0.15, 0.2) is 71.3 Å². The van der Waals surface area contributed by atoms with Gasteiger partial charge in [-0.25, -0.2) is 0 Å². The van der Waals surface area contributed by atoms with E-state index in [1.165, 1.54) is 12.3 Å². The summed E-state index contributed by atoms with van der Waals surface area (Å²) in [6, 6.07) is 18.2. The summed E-state index contributed by atoms with van der Waals surface area (Å²) in [4.78, 5) is 41.4. The van der Waals surface area contributed by atoms with Crippen molar-refractivity contribution in [1.82, 2.24) is 9.80 Å². The molecule has 1 fully saturated rings. The van der Waals surface area contributed by atoms with Crippen molar-refractivity contribution < 1.29 is 18.8 Å². The molecule has 1 saturated heterocycles. The molecule has 7 heteroatoms. The van der Waals surface area contributed by atoms with Crippen LogP contribution in [0.25, 0.3) is 0 Å². The van der Waals surface area contributed by atoms with Crippen LogP contribution in [-0.4, -0.2) is 46.7 Å². The van der Waals surface area contributed by atoms with Crippen LogP contribution in [0.3, 0.4) is 0 Å². The van der Waals surface area contributed by atoms with Crippen LogP contribution < -0.4 is 5.32 Å². The molecule has 2 aromatic carbocycles. The molecule has 31 heavy (non-hydrogen) atoms. The lowest BCUT2D eigenvalue weighted by Crippen LogP contribution is -2.31. The highest BCUT2D eigenvalue weighted by Crippen LogP contribution is 2.27. The van der Waals surface area contributed by atoms with Crippen LogP contribution in [0.4, 0.5) is 5.69 Å². The Labute approximate surface area is 179 Å². The van der Waals surface area contributed by atoms with E-state index in [0.29, 0.717) is 30.0 Å². The molecule has 3 amide bonds. The molecule has 0 saturated carbocycles. The monoisotopic (exact) mass is 415 g/mol. The Morgan fingerprint density at radius 2 is 1.81 bits per heavy atom. The Morgan fingerprint density at radius 3 is 2.58 bits per heavy atom. The van der Waals surface area contributed by atoms with Gasteiger partial charge in [0.15, 0.2) is 0 Å². The largest absolute Gasteiger partial charge is 0.467 e. The third-order valence-electron chi connectivity index (χ3n) is 5.73. The average molecular weight is 415 g/mol. The van der Waals surface area contributed by atoms with Crippen LogP contribution in [-0.2, 0) is 6.54 Å². The predicted molar refractivity (Wildman–Crippen MR) is 114 cm³/mol. The van der Waals surface area contributed by atoms with Gasteiger partial charge in [0.2, 0.25) is 0 Å². The number of para-hydroxylation sites is 1. The molecular weight excluding hydrogens is 394 g/mol. The molecule has 0 radical (unpaired) electrons. The van der Waals surface area contributed by atoms with Crippen LogP contribution in [0, 0.1) is 0 Å². The van der Waals surface area contributed by atoms with Crippen LogP contribution >= 0.6 is 0 Å². The summed E-state index contributed by atoms with van der Waals surface area (Å²) in [5.41, 5.74) is 2.03. The minimum Gasteiger partial charge on any atom is -0.467 e. The number of amides is 3. The molecule has 0 bridgehead atoms. The number of benzene rings is 2. The first kappa shape index (κ1) is 19.1. The normalized spacial score (nSPS) is 17.9. The fourth-order valence-electron chi connectivity index (χ4n) is 4.14. The number of furan rings is 1. The summed E-state index contributed by atoms with van der Waals surface area (Å²) in [7, 11) is 0. The smallest absolute Gasteiger partial charge is 0.261 e. The van der Waals surface area contributed by atoms with E-state index in [1.54, 1.807) is 29.2 Å². The molecular formula is C24H21N3O4. The summed E-state index contributed by atoms with van der Waals surface area (Å²) in [5.74, 6) is -0.385. The third kappa shape index (κ3) is 3.59. The summed E-state index contributed by atoms with van der Waals surface area (Å²) in [6.45, 7) is 1.29. The summed E-state index contributed by atoms with van der Waals surface area (Å²) in [6.07, 6.45) is 2.35. The first-order chi connectivity index (χ1) is 15.1.